The molecule has 5 heteroatoms. The second kappa shape index (κ2) is 6.00. The number of carbonyl (C=O) groups is 1. The molecule has 1 aromatic heterocycles. The van der Waals surface area contributed by atoms with Crippen molar-refractivity contribution in [2.45, 2.75) is 46.0 Å². The third-order valence-corrected chi connectivity index (χ3v) is 3.04. The highest BCUT2D eigenvalue weighted by atomic mass is 16.1. The summed E-state index contributed by atoms with van der Waals surface area (Å²) in [4.78, 5) is 11.8. The molecule has 5 nitrogen and oxygen atoms in total. The molecule has 0 aliphatic carbocycles. The summed E-state index contributed by atoms with van der Waals surface area (Å²) in [6.45, 7) is 8.85. The van der Waals surface area contributed by atoms with Crippen LogP contribution in [0.2, 0.25) is 0 Å². The van der Waals surface area contributed by atoms with Crippen molar-refractivity contribution in [2.75, 3.05) is 11.9 Å². The van der Waals surface area contributed by atoms with Gasteiger partial charge in [0, 0.05) is 23.6 Å². The number of rotatable bonds is 5. The van der Waals surface area contributed by atoms with E-state index >= 15 is 0 Å². The van der Waals surface area contributed by atoms with Crippen molar-refractivity contribution in [3.8, 4) is 0 Å². The molecule has 1 unspecified atom stereocenters. The van der Waals surface area contributed by atoms with Crippen LogP contribution in [0.4, 0.5) is 5.82 Å². The average Bonchev–Trinajstić information content (AvgIpc) is 2.74. The van der Waals surface area contributed by atoms with Crippen LogP contribution in [0.25, 0.3) is 0 Å². The van der Waals surface area contributed by atoms with Gasteiger partial charge in [-0.3, -0.25) is 9.89 Å². The summed E-state index contributed by atoms with van der Waals surface area (Å²) in [6.07, 6.45) is 1.36. The van der Waals surface area contributed by atoms with Gasteiger partial charge in [0.1, 0.15) is 0 Å². The first-order chi connectivity index (χ1) is 8.36. The Morgan fingerprint density at radius 2 is 2.22 bits per heavy atom. The minimum Gasteiger partial charge on any atom is -0.330 e. The van der Waals surface area contributed by atoms with Crippen molar-refractivity contribution >= 4 is 11.7 Å². The number of anilines is 1. The Morgan fingerprint density at radius 3 is 2.67 bits per heavy atom. The number of nitrogens with one attached hydrogen (secondary N) is 2. The second-order valence-corrected chi connectivity index (χ2v) is 5.68. The molecular formula is C13H24N4O. The molecule has 1 heterocycles. The molecule has 1 rings (SSSR count). The van der Waals surface area contributed by atoms with E-state index in [0.29, 0.717) is 18.8 Å². The Morgan fingerprint density at radius 1 is 1.56 bits per heavy atom. The quantitative estimate of drug-likeness (QED) is 0.749. The lowest BCUT2D eigenvalue weighted by atomic mass is 9.92. The minimum atomic E-state index is -0.0285. The van der Waals surface area contributed by atoms with Gasteiger partial charge in [-0.1, -0.05) is 34.1 Å². The monoisotopic (exact) mass is 252 g/mol. The smallest absolute Gasteiger partial charge is 0.225 e. The molecule has 4 N–H and O–H groups in total. The average molecular weight is 252 g/mol. The predicted octanol–water partition coefficient (Wildman–Crippen LogP) is 2.02. The fourth-order valence-electron chi connectivity index (χ4n) is 1.62. The molecule has 0 radical (unpaired) electrons. The van der Waals surface area contributed by atoms with Gasteiger partial charge in [0.25, 0.3) is 0 Å². The Kier molecular flexibility index (Phi) is 4.90. The van der Waals surface area contributed by atoms with Crippen molar-refractivity contribution in [2.24, 2.45) is 11.7 Å². The van der Waals surface area contributed by atoms with E-state index in [4.69, 9.17) is 5.73 Å². The number of aromatic amines is 1. The van der Waals surface area contributed by atoms with Crippen LogP contribution >= 0.6 is 0 Å². The van der Waals surface area contributed by atoms with E-state index in [0.717, 1.165) is 12.1 Å². The van der Waals surface area contributed by atoms with Crippen LogP contribution in [0.5, 0.6) is 0 Å². The fourth-order valence-corrected chi connectivity index (χ4v) is 1.62. The Balaban J connectivity index is 2.57. The molecule has 1 atom stereocenters. The van der Waals surface area contributed by atoms with Gasteiger partial charge < -0.3 is 11.1 Å². The highest BCUT2D eigenvalue weighted by Gasteiger charge is 2.18. The van der Waals surface area contributed by atoms with E-state index in [2.05, 4.69) is 36.3 Å². The van der Waals surface area contributed by atoms with Crippen molar-refractivity contribution < 1.29 is 4.79 Å². The van der Waals surface area contributed by atoms with Crippen LogP contribution in [0.1, 0.15) is 46.2 Å². The van der Waals surface area contributed by atoms with E-state index in [-0.39, 0.29) is 17.2 Å². The molecule has 0 bridgehead atoms. The van der Waals surface area contributed by atoms with E-state index in [1.54, 1.807) is 0 Å². The van der Waals surface area contributed by atoms with E-state index in [1.165, 1.54) is 0 Å². The Hall–Kier alpha value is -1.36. The van der Waals surface area contributed by atoms with Crippen molar-refractivity contribution in [3.05, 3.63) is 11.8 Å². The summed E-state index contributed by atoms with van der Waals surface area (Å²) < 4.78 is 0. The Labute approximate surface area is 109 Å². The highest BCUT2D eigenvalue weighted by molar-refractivity contribution is 5.89. The summed E-state index contributed by atoms with van der Waals surface area (Å²) >= 11 is 0. The van der Waals surface area contributed by atoms with Crippen LogP contribution in [-0.2, 0) is 10.2 Å². The largest absolute Gasteiger partial charge is 0.330 e. The summed E-state index contributed by atoms with van der Waals surface area (Å²) in [7, 11) is 0. The maximum Gasteiger partial charge on any atom is 0.225 e. The summed E-state index contributed by atoms with van der Waals surface area (Å²) in [6, 6.07) is 1.88. The van der Waals surface area contributed by atoms with Gasteiger partial charge in [0.05, 0.1) is 0 Å². The van der Waals surface area contributed by atoms with Crippen LogP contribution in [0, 0.1) is 5.92 Å². The van der Waals surface area contributed by atoms with E-state index in [1.807, 2.05) is 13.0 Å². The lowest BCUT2D eigenvalue weighted by Gasteiger charge is -2.14. The van der Waals surface area contributed by atoms with Gasteiger partial charge in [0.2, 0.25) is 5.91 Å². The maximum absolute atomic E-state index is 11.8. The molecule has 18 heavy (non-hydrogen) atoms. The minimum absolute atomic E-state index is 0.000804. The number of hydrogen-bond acceptors (Lipinski definition) is 3. The predicted molar refractivity (Wildman–Crippen MR) is 73.4 cm³/mol. The van der Waals surface area contributed by atoms with Crippen molar-refractivity contribution in [1.82, 2.24) is 10.2 Å². The van der Waals surface area contributed by atoms with E-state index < -0.39 is 0 Å². The SMILES string of the molecule is CCC(CN)CC(=O)Nc1cc(C(C)(C)C)[nH]n1. The number of amides is 1. The van der Waals surface area contributed by atoms with Gasteiger partial charge in [-0.15, -0.1) is 0 Å². The molecule has 102 valence electrons. The molecule has 0 saturated heterocycles. The molecule has 0 spiro atoms. The highest BCUT2D eigenvalue weighted by Crippen LogP contribution is 2.22. The van der Waals surface area contributed by atoms with E-state index in [9.17, 15) is 4.79 Å². The van der Waals surface area contributed by atoms with Crippen molar-refractivity contribution in [3.63, 3.8) is 0 Å². The number of nitrogens with two attached hydrogens (primary N) is 1. The zero-order valence-corrected chi connectivity index (χ0v) is 11.7. The second-order valence-electron chi connectivity index (χ2n) is 5.68. The van der Waals surface area contributed by atoms with Gasteiger partial charge in [-0.2, -0.15) is 5.10 Å². The zero-order chi connectivity index (χ0) is 13.8. The number of nitrogens with zero attached hydrogens (tertiary/aromatic N) is 1. The molecule has 1 aromatic rings. The summed E-state index contributed by atoms with van der Waals surface area (Å²) in [5.74, 6) is 0.794. The topological polar surface area (TPSA) is 83.8 Å². The zero-order valence-electron chi connectivity index (χ0n) is 11.7. The standard InChI is InChI=1S/C13H24N4O/c1-5-9(8-14)6-12(18)15-11-7-10(16-17-11)13(2,3)4/h7,9H,5-6,8,14H2,1-4H3,(H2,15,16,17,18). The first kappa shape index (κ1) is 14.7. The van der Waals surface area contributed by atoms with Crippen LogP contribution < -0.4 is 11.1 Å². The Bertz CT molecular complexity index is 388. The van der Waals surface area contributed by atoms with Gasteiger partial charge in [0.15, 0.2) is 5.82 Å². The first-order valence-corrected chi connectivity index (χ1v) is 6.42. The molecule has 1 amide bonds. The van der Waals surface area contributed by atoms with Gasteiger partial charge in [-0.25, -0.2) is 0 Å². The van der Waals surface area contributed by atoms with Crippen LogP contribution in [0.15, 0.2) is 6.07 Å². The normalized spacial score (nSPS) is 13.4. The first-order valence-electron chi connectivity index (χ1n) is 6.42. The van der Waals surface area contributed by atoms with Crippen molar-refractivity contribution in [1.29, 1.82) is 0 Å². The lowest BCUT2D eigenvalue weighted by Crippen LogP contribution is -2.21. The molecule has 0 aliphatic rings. The van der Waals surface area contributed by atoms with Gasteiger partial charge in [-0.05, 0) is 12.5 Å². The molecular weight excluding hydrogens is 228 g/mol. The lowest BCUT2D eigenvalue weighted by molar-refractivity contribution is -0.117. The molecule has 0 fully saturated rings. The summed E-state index contributed by atoms with van der Waals surface area (Å²) in [5, 5.41) is 9.83. The van der Waals surface area contributed by atoms with Crippen LogP contribution in [-0.4, -0.2) is 22.6 Å². The number of H-pyrrole nitrogens is 1. The number of carbonyl (C=O) groups excluding carboxylic acids is 1. The molecule has 0 aliphatic heterocycles. The third kappa shape index (κ3) is 4.14. The van der Waals surface area contributed by atoms with Crippen LogP contribution in [0.3, 0.4) is 0 Å². The third-order valence-electron chi connectivity index (χ3n) is 3.04. The molecule has 0 aromatic carbocycles. The fraction of sp³-hybridized carbons (Fsp3) is 0.692. The number of hydrogen-bond donors (Lipinski definition) is 3. The summed E-state index contributed by atoms with van der Waals surface area (Å²) in [5.41, 5.74) is 6.59. The maximum atomic E-state index is 11.8. The number of aromatic nitrogens is 2. The van der Waals surface area contributed by atoms with Gasteiger partial charge >= 0.3 is 0 Å². The molecule has 0 saturated carbocycles.